The minimum absolute atomic E-state index is 0.574. The van der Waals surface area contributed by atoms with Gasteiger partial charge in [0.15, 0.2) is 0 Å². The van der Waals surface area contributed by atoms with Gasteiger partial charge >= 0.3 is 0 Å². The van der Waals surface area contributed by atoms with Gasteiger partial charge in [-0.2, -0.15) is 5.26 Å². The van der Waals surface area contributed by atoms with Crippen LogP contribution in [0.4, 0.5) is 0 Å². The summed E-state index contributed by atoms with van der Waals surface area (Å²) in [5.74, 6) is 0. The SMILES string of the molecule is C=Cc1ccc(C#N)[nH]1. The molecule has 0 aromatic carbocycles. The molecule has 9 heavy (non-hydrogen) atoms. The van der Waals surface area contributed by atoms with E-state index in [1.54, 1.807) is 12.1 Å². The summed E-state index contributed by atoms with van der Waals surface area (Å²) in [6.07, 6.45) is 1.67. The van der Waals surface area contributed by atoms with Crippen molar-refractivity contribution in [3.63, 3.8) is 0 Å². The Balaban J connectivity index is 3.03. The maximum Gasteiger partial charge on any atom is 0.118 e. The summed E-state index contributed by atoms with van der Waals surface area (Å²) in [6.45, 7) is 3.54. The van der Waals surface area contributed by atoms with Gasteiger partial charge in [-0.1, -0.05) is 6.58 Å². The molecule has 0 saturated carbocycles. The smallest absolute Gasteiger partial charge is 0.118 e. The van der Waals surface area contributed by atoms with Crippen LogP contribution in [0, 0.1) is 11.3 Å². The van der Waals surface area contributed by atoms with E-state index in [0.29, 0.717) is 5.69 Å². The topological polar surface area (TPSA) is 39.6 Å². The van der Waals surface area contributed by atoms with Gasteiger partial charge < -0.3 is 4.98 Å². The summed E-state index contributed by atoms with van der Waals surface area (Å²) in [5.41, 5.74) is 1.46. The van der Waals surface area contributed by atoms with Crippen LogP contribution in [0.25, 0.3) is 6.08 Å². The maximum absolute atomic E-state index is 8.33. The Bertz CT molecular complexity index is 252. The summed E-state index contributed by atoms with van der Waals surface area (Å²) in [6, 6.07) is 5.51. The van der Waals surface area contributed by atoms with Crippen LogP contribution < -0.4 is 0 Å². The number of nitriles is 1. The Labute approximate surface area is 53.4 Å². The van der Waals surface area contributed by atoms with Gasteiger partial charge in [-0.3, -0.25) is 0 Å². The third-order valence-corrected chi connectivity index (χ3v) is 1.05. The van der Waals surface area contributed by atoms with E-state index in [9.17, 15) is 0 Å². The normalized spacial score (nSPS) is 8.33. The van der Waals surface area contributed by atoms with Gasteiger partial charge in [0.25, 0.3) is 0 Å². The molecule has 1 heterocycles. The van der Waals surface area contributed by atoms with Gasteiger partial charge in [-0.25, -0.2) is 0 Å². The van der Waals surface area contributed by atoms with E-state index in [1.165, 1.54) is 0 Å². The van der Waals surface area contributed by atoms with E-state index < -0.39 is 0 Å². The predicted octanol–water partition coefficient (Wildman–Crippen LogP) is 1.53. The van der Waals surface area contributed by atoms with Crippen LogP contribution in [-0.4, -0.2) is 4.98 Å². The molecule has 44 valence electrons. The lowest BCUT2D eigenvalue weighted by atomic mass is 10.4. The minimum atomic E-state index is 0.574. The zero-order valence-electron chi connectivity index (χ0n) is 4.89. The van der Waals surface area contributed by atoms with Crippen molar-refractivity contribution in [2.45, 2.75) is 0 Å². The molecule has 0 atom stereocenters. The molecule has 2 nitrogen and oxygen atoms in total. The molecule has 0 aliphatic rings. The van der Waals surface area contributed by atoms with Gasteiger partial charge in [0, 0.05) is 5.69 Å². The van der Waals surface area contributed by atoms with Crippen LogP contribution in [0.15, 0.2) is 18.7 Å². The van der Waals surface area contributed by atoms with Crippen LogP contribution in [0.1, 0.15) is 11.4 Å². The van der Waals surface area contributed by atoms with E-state index >= 15 is 0 Å². The number of hydrogen-bond acceptors (Lipinski definition) is 1. The van der Waals surface area contributed by atoms with Crippen LogP contribution in [-0.2, 0) is 0 Å². The third-order valence-electron chi connectivity index (χ3n) is 1.05. The minimum Gasteiger partial charge on any atom is -0.347 e. The zero-order chi connectivity index (χ0) is 6.69. The van der Waals surface area contributed by atoms with Crippen LogP contribution in [0.5, 0.6) is 0 Å². The van der Waals surface area contributed by atoms with Crippen molar-refractivity contribution in [1.29, 1.82) is 5.26 Å². The number of nitrogens with one attached hydrogen (secondary N) is 1. The number of H-pyrrole nitrogens is 1. The number of rotatable bonds is 1. The van der Waals surface area contributed by atoms with E-state index in [2.05, 4.69) is 11.6 Å². The molecule has 1 rings (SSSR count). The standard InChI is InChI=1S/C7H6N2/c1-2-6-3-4-7(5-8)9-6/h2-4,9H,1H2. The molecule has 0 amide bonds. The van der Waals surface area contributed by atoms with Gasteiger partial charge in [0.2, 0.25) is 0 Å². The lowest BCUT2D eigenvalue weighted by molar-refractivity contribution is 1.31. The molecule has 2 heteroatoms. The number of aromatic nitrogens is 1. The predicted molar refractivity (Wildman–Crippen MR) is 35.6 cm³/mol. The molecular formula is C7H6N2. The van der Waals surface area contributed by atoms with E-state index in [4.69, 9.17) is 5.26 Å². The van der Waals surface area contributed by atoms with Crippen molar-refractivity contribution < 1.29 is 0 Å². The largest absolute Gasteiger partial charge is 0.347 e. The lowest BCUT2D eigenvalue weighted by Crippen LogP contribution is -1.70. The molecule has 0 bridgehead atoms. The molecule has 0 radical (unpaired) electrons. The van der Waals surface area contributed by atoms with Gasteiger partial charge in [-0.15, -0.1) is 0 Å². The average molecular weight is 118 g/mol. The van der Waals surface area contributed by atoms with Crippen molar-refractivity contribution in [2.75, 3.05) is 0 Å². The van der Waals surface area contributed by atoms with Crippen molar-refractivity contribution in [3.05, 3.63) is 30.1 Å². The van der Waals surface area contributed by atoms with Crippen molar-refractivity contribution in [2.24, 2.45) is 0 Å². The van der Waals surface area contributed by atoms with Crippen LogP contribution in [0.2, 0.25) is 0 Å². The van der Waals surface area contributed by atoms with Crippen molar-refractivity contribution in [3.8, 4) is 6.07 Å². The Morgan fingerprint density at radius 1 is 1.67 bits per heavy atom. The van der Waals surface area contributed by atoms with Crippen LogP contribution in [0.3, 0.4) is 0 Å². The summed E-state index contributed by atoms with van der Waals surface area (Å²) in [5, 5.41) is 8.33. The van der Waals surface area contributed by atoms with Crippen LogP contribution >= 0.6 is 0 Å². The highest BCUT2D eigenvalue weighted by Gasteiger charge is 1.89. The zero-order valence-corrected chi connectivity index (χ0v) is 4.89. The van der Waals surface area contributed by atoms with Gasteiger partial charge in [0.05, 0.1) is 0 Å². The summed E-state index contributed by atoms with van der Waals surface area (Å²) in [4.78, 5) is 2.83. The molecule has 0 aliphatic heterocycles. The fourth-order valence-corrected chi connectivity index (χ4v) is 0.596. The van der Waals surface area contributed by atoms with Gasteiger partial charge in [-0.05, 0) is 18.2 Å². The number of aromatic amines is 1. The first-order chi connectivity index (χ1) is 4.36. The summed E-state index contributed by atoms with van der Waals surface area (Å²) >= 11 is 0. The molecule has 0 spiro atoms. The fourth-order valence-electron chi connectivity index (χ4n) is 0.596. The molecule has 1 N–H and O–H groups in total. The van der Waals surface area contributed by atoms with Crippen molar-refractivity contribution in [1.82, 2.24) is 4.98 Å². The first-order valence-corrected chi connectivity index (χ1v) is 2.58. The first kappa shape index (κ1) is 5.64. The van der Waals surface area contributed by atoms with Crippen molar-refractivity contribution >= 4 is 6.08 Å². The molecule has 1 aromatic heterocycles. The van der Waals surface area contributed by atoms with E-state index in [1.807, 2.05) is 12.1 Å². The Morgan fingerprint density at radius 2 is 2.44 bits per heavy atom. The van der Waals surface area contributed by atoms with E-state index in [0.717, 1.165) is 5.69 Å². The van der Waals surface area contributed by atoms with Gasteiger partial charge in [0.1, 0.15) is 11.8 Å². The Morgan fingerprint density at radius 3 is 2.78 bits per heavy atom. The fraction of sp³-hybridized carbons (Fsp3) is 0. The first-order valence-electron chi connectivity index (χ1n) is 2.58. The highest BCUT2D eigenvalue weighted by Crippen LogP contribution is 2.00. The highest BCUT2D eigenvalue weighted by molar-refractivity contribution is 5.44. The number of nitrogens with zero attached hydrogens (tertiary/aromatic N) is 1. The Hall–Kier alpha value is -1.49. The molecule has 0 fully saturated rings. The summed E-state index contributed by atoms with van der Waals surface area (Å²) in [7, 11) is 0. The number of hydrogen-bond donors (Lipinski definition) is 1. The third kappa shape index (κ3) is 1.000. The average Bonchev–Trinajstić information content (AvgIpc) is 2.34. The lowest BCUT2D eigenvalue weighted by Gasteiger charge is -1.78. The molecule has 0 unspecified atom stereocenters. The quantitative estimate of drug-likeness (QED) is 0.596. The maximum atomic E-state index is 8.33. The second-order valence-electron chi connectivity index (χ2n) is 1.64. The van der Waals surface area contributed by atoms with E-state index in [-0.39, 0.29) is 0 Å². The monoisotopic (exact) mass is 118 g/mol. The molecule has 0 saturated heterocycles. The highest BCUT2D eigenvalue weighted by atomic mass is 14.7. The molecular weight excluding hydrogens is 112 g/mol. The Kier molecular flexibility index (Phi) is 1.37. The second-order valence-corrected chi connectivity index (χ2v) is 1.64. The second kappa shape index (κ2) is 2.19. The summed E-state index contributed by atoms with van der Waals surface area (Å²) < 4.78 is 0. The molecule has 1 aromatic rings. The molecule has 0 aliphatic carbocycles.